The number of hydrogen-bond acceptors (Lipinski definition) is 4. The van der Waals surface area contributed by atoms with Gasteiger partial charge in [-0.15, -0.1) is 0 Å². The molecule has 0 bridgehead atoms. The molecule has 1 aliphatic heterocycles. The lowest BCUT2D eigenvalue weighted by atomic mass is 10.1. The molecule has 1 aliphatic rings. The van der Waals surface area contributed by atoms with Crippen molar-refractivity contribution >= 4 is 16.9 Å². The molecule has 14 heavy (non-hydrogen) atoms. The van der Waals surface area contributed by atoms with Gasteiger partial charge in [0, 0.05) is 18.9 Å². The number of ether oxygens (including phenoxy) is 1. The zero-order valence-corrected chi connectivity index (χ0v) is 10.2. The summed E-state index contributed by atoms with van der Waals surface area (Å²) in [6.45, 7) is 8.33. The quantitative estimate of drug-likeness (QED) is 0.777. The Hall–Kier alpha value is -0.220. The molecule has 0 spiro atoms. The van der Waals surface area contributed by atoms with Crippen molar-refractivity contribution in [3.63, 3.8) is 0 Å². The van der Waals surface area contributed by atoms with E-state index in [4.69, 9.17) is 4.74 Å². The first-order valence-corrected chi connectivity index (χ1v) is 5.99. The molecule has 0 saturated carbocycles. The van der Waals surface area contributed by atoms with Gasteiger partial charge in [0.05, 0.1) is 12.6 Å². The Morgan fingerprint density at radius 1 is 1.57 bits per heavy atom. The Balaban J connectivity index is 2.22. The standard InChI is InChI=1S/C10H20N2OS/c1-7(2)9-6-12-10(14-9)11-5-8(3)13-4/h7-9H,5-6H2,1-4H3,(H,11,12). The minimum absolute atomic E-state index is 0.247. The summed E-state index contributed by atoms with van der Waals surface area (Å²) >= 11 is 1.85. The van der Waals surface area contributed by atoms with Crippen molar-refractivity contribution in [1.29, 1.82) is 0 Å². The van der Waals surface area contributed by atoms with Gasteiger partial charge in [-0.25, -0.2) is 0 Å². The molecule has 0 saturated heterocycles. The van der Waals surface area contributed by atoms with Gasteiger partial charge in [-0.05, 0) is 12.8 Å². The van der Waals surface area contributed by atoms with E-state index in [9.17, 15) is 0 Å². The van der Waals surface area contributed by atoms with Crippen LogP contribution in [0.2, 0.25) is 0 Å². The van der Waals surface area contributed by atoms with Crippen molar-refractivity contribution in [2.45, 2.75) is 32.1 Å². The van der Waals surface area contributed by atoms with Crippen LogP contribution in [-0.4, -0.2) is 36.7 Å². The number of nitrogens with one attached hydrogen (secondary N) is 1. The first kappa shape index (κ1) is 11.9. The monoisotopic (exact) mass is 216 g/mol. The molecule has 0 aromatic rings. The van der Waals surface area contributed by atoms with Gasteiger partial charge in [0.15, 0.2) is 5.17 Å². The van der Waals surface area contributed by atoms with E-state index in [1.165, 1.54) is 0 Å². The van der Waals surface area contributed by atoms with Crippen molar-refractivity contribution in [3.05, 3.63) is 0 Å². The molecule has 4 heteroatoms. The van der Waals surface area contributed by atoms with Crippen LogP contribution in [0.3, 0.4) is 0 Å². The van der Waals surface area contributed by atoms with Crippen LogP contribution in [0.4, 0.5) is 0 Å². The molecule has 0 amide bonds. The molecule has 3 nitrogen and oxygen atoms in total. The van der Waals surface area contributed by atoms with Crippen LogP contribution in [0.15, 0.2) is 4.99 Å². The average molecular weight is 216 g/mol. The van der Waals surface area contributed by atoms with E-state index in [-0.39, 0.29) is 6.10 Å². The third kappa shape index (κ3) is 3.50. The number of hydrogen-bond donors (Lipinski definition) is 1. The molecule has 2 unspecified atom stereocenters. The van der Waals surface area contributed by atoms with Crippen molar-refractivity contribution in [2.75, 3.05) is 20.2 Å². The molecule has 2 atom stereocenters. The predicted molar refractivity (Wildman–Crippen MR) is 63.0 cm³/mol. The Morgan fingerprint density at radius 3 is 2.79 bits per heavy atom. The largest absolute Gasteiger partial charge is 0.380 e. The Kier molecular flexibility index (Phi) is 4.75. The molecule has 0 aromatic heterocycles. The first-order chi connectivity index (χ1) is 6.63. The van der Waals surface area contributed by atoms with Gasteiger partial charge in [0.25, 0.3) is 0 Å². The van der Waals surface area contributed by atoms with Crippen molar-refractivity contribution in [2.24, 2.45) is 10.9 Å². The van der Waals surface area contributed by atoms with Crippen LogP contribution in [0, 0.1) is 5.92 Å². The first-order valence-electron chi connectivity index (χ1n) is 5.11. The zero-order chi connectivity index (χ0) is 10.6. The van der Waals surface area contributed by atoms with Crippen LogP contribution in [0.5, 0.6) is 0 Å². The van der Waals surface area contributed by atoms with E-state index in [0.717, 1.165) is 18.3 Å². The highest BCUT2D eigenvalue weighted by Gasteiger charge is 2.22. The summed E-state index contributed by atoms with van der Waals surface area (Å²) in [4.78, 5) is 4.46. The van der Waals surface area contributed by atoms with Gasteiger partial charge in [0.1, 0.15) is 0 Å². The Bertz CT molecular complexity index is 206. The minimum Gasteiger partial charge on any atom is -0.380 e. The predicted octanol–water partition coefficient (Wildman–Crippen LogP) is 1.74. The smallest absolute Gasteiger partial charge is 0.157 e. The summed E-state index contributed by atoms with van der Waals surface area (Å²) < 4.78 is 5.16. The maximum Gasteiger partial charge on any atom is 0.157 e. The van der Waals surface area contributed by atoms with Gasteiger partial charge < -0.3 is 10.1 Å². The molecular formula is C10H20N2OS. The third-order valence-electron chi connectivity index (χ3n) is 2.36. The number of amidine groups is 1. The molecule has 0 radical (unpaired) electrons. The fraction of sp³-hybridized carbons (Fsp3) is 0.900. The number of methoxy groups -OCH3 is 1. The summed E-state index contributed by atoms with van der Waals surface area (Å²) in [7, 11) is 1.73. The highest BCUT2D eigenvalue weighted by atomic mass is 32.2. The maximum atomic E-state index is 5.16. The van der Waals surface area contributed by atoms with Crippen LogP contribution in [0.25, 0.3) is 0 Å². The van der Waals surface area contributed by atoms with Crippen molar-refractivity contribution < 1.29 is 4.74 Å². The molecule has 1 heterocycles. The van der Waals surface area contributed by atoms with Gasteiger partial charge in [-0.1, -0.05) is 25.6 Å². The van der Waals surface area contributed by atoms with Gasteiger partial charge in [0.2, 0.25) is 0 Å². The molecule has 82 valence electrons. The molecular weight excluding hydrogens is 196 g/mol. The molecule has 0 aromatic carbocycles. The summed E-state index contributed by atoms with van der Waals surface area (Å²) in [5, 5.41) is 5.03. The fourth-order valence-electron chi connectivity index (χ4n) is 1.15. The van der Waals surface area contributed by atoms with Crippen LogP contribution in [0.1, 0.15) is 20.8 Å². The second kappa shape index (κ2) is 5.61. The maximum absolute atomic E-state index is 5.16. The summed E-state index contributed by atoms with van der Waals surface area (Å²) in [5.41, 5.74) is 0. The molecule has 1 rings (SSSR count). The number of nitrogens with zero attached hydrogens (tertiary/aromatic N) is 1. The van der Waals surface area contributed by atoms with E-state index in [2.05, 4.69) is 24.2 Å². The highest BCUT2D eigenvalue weighted by molar-refractivity contribution is 8.14. The Morgan fingerprint density at radius 2 is 2.29 bits per heavy atom. The van der Waals surface area contributed by atoms with E-state index >= 15 is 0 Å². The lowest BCUT2D eigenvalue weighted by Gasteiger charge is -2.13. The van der Waals surface area contributed by atoms with E-state index in [0.29, 0.717) is 11.2 Å². The molecule has 0 aliphatic carbocycles. The normalized spacial score (nSPS) is 23.8. The Labute approximate surface area is 90.7 Å². The topological polar surface area (TPSA) is 33.6 Å². The van der Waals surface area contributed by atoms with Gasteiger partial charge >= 0.3 is 0 Å². The van der Waals surface area contributed by atoms with Crippen LogP contribution < -0.4 is 5.32 Å². The van der Waals surface area contributed by atoms with Crippen LogP contribution in [-0.2, 0) is 4.74 Å². The lowest BCUT2D eigenvalue weighted by molar-refractivity contribution is 0.121. The van der Waals surface area contributed by atoms with Crippen LogP contribution >= 0.6 is 11.8 Å². The summed E-state index contributed by atoms with van der Waals surface area (Å²) in [6, 6.07) is 0. The fourth-order valence-corrected chi connectivity index (χ4v) is 2.17. The zero-order valence-electron chi connectivity index (χ0n) is 9.41. The van der Waals surface area contributed by atoms with E-state index in [1.54, 1.807) is 7.11 Å². The molecule has 1 N–H and O–H groups in total. The van der Waals surface area contributed by atoms with E-state index in [1.807, 2.05) is 18.7 Å². The lowest BCUT2D eigenvalue weighted by Crippen LogP contribution is -2.29. The number of thioether (sulfide) groups is 1. The van der Waals surface area contributed by atoms with Gasteiger partial charge in [-0.2, -0.15) is 0 Å². The summed E-state index contributed by atoms with van der Waals surface area (Å²) in [6.07, 6.45) is 0.247. The highest BCUT2D eigenvalue weighted by Crippen LogP contribution is 2.25. The van der Waals surface area contributed by atoms with Gasteiger partial charge in [-0.3, -0.25) is 4.99 Å². The van der Waals surface area contributed by atoms with Crippen molar-refractivity contribution in [1.82, 2.24) is 5.32 Å². The third-order valence-corrected chi connectivity index (χ3v) is 3.86. The number of rotatable bonds is 4. The minimum atomic E-state index is 0.247. The second-order valence-corrected chi connectivity index (χ2v) is 5.20. The SMILES string of the molecule is COC(C)CNC1=NCC(C(C)C)S1. The average Bonchev–Trinajstić information content (AvgIpc) is 2.62. The second-order valence-electron chi connectivity index (χ2n) is 3.97. The number of aliphatic imine (C=N–C) groups is 1. The van der Waals surface area contributed by atoms with E-state index < -0.39 is 0 Å². The van der Waals surface area contributed by atoms with Crippen molar-refractivity contribution in [3.8, 4) is 0 Å². The molecule has 0 fully saturated rings. The summed E-state index contributed by atoms with van der Waals surface area (Å²) in [5.74, 6) is 0.697.